The average Bonchev–Trinajstić information content (AvgIpc) is 2.12. The van der Waals surface area contributed by atoms with Crippen molar-refractivity contribution in [3.8, 4) is 5.75 Å². The van der Waals surface area contributed by atoms with Crippen molar-refractivity contribution in [2.45, 2.75) is 11.8 Å². The highest BCUT2D eigenvalue weighted by molar-refractivity contribution is 7.99. The van der Waals surface area contributed by atoms with Gasteiger partial charge in [-0.25, -0.2) is 0 Å². The second kappa shape index (κ2) is 3.07. The molecule has 1 aromatic rings. The number of fused-ring (bicyclic) bond motifs is 1. The normalized spacial score (nSPS) is 21.3. The van der Waals surface area contributed by atoms with Crippen LogP contribution in [0.2, 0.25) is 0 Å². The van der Waals surface area contributed by atoms with Crippen LogP contribution in [-0.2, 0) is 0 Å². The second-order valence-corrected chi connectivity index (χ2v) is 4.29. The maximum atomic E-state index is 11.7. The van der Waals surface area contributed by atoms with E-state index in [0.717, 1.165) is 10.6 Å². The van der Waals surface area contributed by atoms with Crippen LogP contribution in [0.25, 0.3) is 0 Å². The number of Topliss-reactive ketones (excluding diaryl/α,β-unsaturated/α-hetero) is 1. The fourth-order valence-electron chi connectivity index (χ4n) is 1.42. The summed E-state index contributed by atoms with van der Waals surface area (Å²) in [5.41, 5.74) is 0.506. The molecule has 2 rings (SSSR count). The quantitative estimate of drug-likeness (QED) is 0.688. The maximum absolute atomic E-state index is 11.7. The van der Waals surface area contributed by atoms with E-state index in [1.165, 1.54) is 0 Å². The van der Waals surface area contributed by atoms with E-state index in [-0.39, 0.29) is 17.5 Å². The Morgan fingerprint density at radius 1 is 1.54 bits per heavy atom. The van der Waals surface area contributed by atoms with E-state index in [1.807, 2.05) is 13.0 Å². The van der Waals surface area contributed by atoms with Gasteiger partial charge in [-0.1, -0.05) is 13.0 Å². The molecule has 1 aliphatic rings. The van der Waals surface area contributed by atoms with Crippen LogP contribution in [0.15, 0.2) is 23.1 Å². The summed E-state index contributed by atoms with van der Waals surface area (Å²) >= 11 is 1.63. The second-order valence-electron chi connectivity index (χ2n) is 3.23. The van der Waals surface area contributed by atoms with Crippen LogP contribution in [0.1, 0.15) is 17.3 Å². The predicted octanol–water partition coefficient (Wildman–Crippen LogP) is 2.32. The first kappa shape index (κ1) is 8.63. The molecule has 0 aromatic heterocycles. The van der Waals surface area contributed by atoms with Crippen molar-refractivity contribution in [2.75, 3.05) is 5.75 Å². The van der Waals surface area contributed by atoms with Crippen molar-refractivity contribution < 1.29 is 9.90 Å². The van der Waals surface area contributed by atoms with Gasteiger partial charge < -0.3 is 5.11 Å². The van der Waals surface area contributed by atoms with Gasteiger partial charge in [0.05, 0.1) is 5.56 Å². The monoisotopic (exact) mass is 194 g/mol. The topological polar surface area (TPSA) is 37.3 Å². The standard InChI is InChI=1S/C10H10O2S/c1-6-5-13-8-4-2-3-7(11)9(8)10(6)12/h2-4,6,11H,5H2,1H3. The van der Waals surface area contributed by atoms with Gasteiger partial charge in [0.25, 0.3) is 0 Å². The molecule has 1 unspecified atom stereocenters. The van der Waals surface area contributed by atoms with E-state index in [1.54, 1.807) is 23.9 Å². The number of phenolic OH excluding ortho intramolecular Hbond substituents is 1. The summed E-state index contributed by atoms with van der Waals surface area (Å²) in [5.74, 6) is 1.01. The third-order valence-electron chi connectivity index (χ3n) is 2.19. The molecule has 0 aliphatic carbocycles. The van der Waals surface area contributed by atoms with E-state index in [0.29, 0.717) is 5.56 Å². The summed E-state index contributed by atoms with van der Waals surface area (Å²) in [6.07, 6.45) is 0. The van der Waals surface area contributed by atoms with Crippen LogP contribution in [0.4, 0.5) is 0 Å². The number of hydrogen-bond donors (Lipinski definition) is 1. The van der Waals surface area contributed by atoms with Crippen LogP contribution in [0.5, 0.6) is 5.75 Å². The van der Waals surface area contributed by atoms with Crippen molar-refractivity contribution in [2.24, 2.45) is 5.92 Å². The summed E-state index contributed by atoms with van der Waals surface area (Å²) < 4.78 is 0. The first-order valence-electron chi connectivity index (χ1n) is 4.19. The molecule has 0 bridgehead atoms. The fourth-order valence-corrected chi connectivity index (χ4v) is 2.53. The minimum absolute atomic E-state index is 0.0193. The first-order chi connectivity index (χ1) is 6.20. The first-order valence-corrected chi connectivity index (χ1v) is 5.17. The minimum atomic E-state index is 0.0193. The lowest BCUT2D eigenvalue weighted by Crippen LogP contribution is -2.19. The lowest BCUT2D eigenvalue weighted by atomic mass is 9.99. The predicted molar refractivity (Wildman–Crippen MR) is 52.3 cm³/mol. The smallest absolute Gasteiger partial charge is 0.171 e. The molecule has 0 fully saturated rings. The number of hydrogen-bond acceptors (Lipinski definition) is 3. The number of carbonyl (C=O) groups is 1. The highest BCUT2D eigenvalue weighted by Crippen LogP contribution is 2.37. The molecule has 0 saturated heterocycles. The molecular formula is C10H10O2S. The van der Waals surface area contributed by atoms with Crippen molar-refractivity contribution >= 4 is 17.5 Å². The van der Waals surface area contributed by atoms with Crippen molar-refractivity contribution in [1.29, 1.82) is 0 Å². The maximum Gasteiger partial charge on any atom is 0.171 e. The number of carbonyl (C=O) groups excluding carboxylic acids is 1. The molecule has 0 radical (unpaired) electrons. The third kappa shape index (κ3) is 1.33. The lowest BCUT2D eigenvalue weighted by Gasteiger charge is -2.19. The molecule has 0 spiro atoms. The molecule has 3 heteroatoms. The number of benzene rings is 1. The fraction of sp³-hybridized carbons (Fsp3) is 0.300. The van der Waals surface area contributed by atoms with E-state index in [9.17, 15) is 9.90 Å². The minimum Gasteiger partial charge on any atom is -0.507 e. The number of thioether (sulfide) groups is 1. The van der Waals surface area contributed by atoms with Crippen molar-refractivity contribution in [3.63, 3.8) is 0 Å². The molecular weight excluding hydrogens is 184 g/mol. The Morgan fingerprint density at radius 3 is 3.08 bits per heavy atom. The Labute approximate surface area is 81.0 Å². The highest BCUT2D eigenvalue weighted by Gasteiger charge is 2.26. The van der Waals surface area contributed by atoms with Crippen LogP contribution in [0.3, 0.4) is 0 Å². The summed E-state index contributed by atoms with van der Waals surface area (Å²) in [7, 11) is 0. The number of ketones is 1. The largest absolute Gasteiger partial charge is 0.507 e. The zero-order valence-corrected chi connectivity index (χ0v) is 8.10. The summed E-state index contributed by atoms with van der Waals surface area (Å²) in [6.45, 7) is 1.89. The molecule has 1 aromatic carbocycles. The van der Waals surface area contributed by atoms with E-state index >= 15 is 0 Å². The Kier molecular flexibility index (Phi) is 2.04. The third-order valence-corrected chi connectivity index (χ3v) is 3.50. The van der Waals surface area contributed by atoms with Gasteiger partial charge in [0.1, 0.15) is 5.75 Å². The van der Waals surface area contributed by atoms with Gasteiger partial charge in [0, 0.05) is 16.6 Å². The van der Waals surface area contributed by atoms with Gasteiger partial charge in [0.2, 0.25) is 0 Å². The van der Waals surface area contributed by atoms with Crippen LogP contribution in [0, 0.1) is 5.92 Å². The summed E-state index contributed by atoms with van der Waals surface area (Å²) in [5, 5.41) is 9.51. The highest BCUT2D eigenvalue weighted by atomic mass is 32.2. The average molecular weight is 194 g/mol. The van der Waals surface area contributed by atoms with Gasteiger partial charge in [-0.05, 0) is 12.1 Å². The van der Waals surface area contributed by atoms with E-state index < -0.39 is 0 Å². The van der Waals surface area contributed by atoms with Gasteiger partial charge >= 0.3 is 0 Å². The Bertz CT molecular complexity index is 360. The molecule has 1 atom stereocenters. The Morgan fingerprint density at radius 2 is 2.31 bits per heavy atom. The summed E-state index contributed by atoms with van der Waals surface area (Å²) in [6, 6.07) is 5.21. The zero-order valence-electron chi connectivity index (χ0n) is 7.28. The van der Waals surface area contributed by atoms with E-state index in [2.05, 4.69) is 0 Å². The Hall–Kier alpha value is -0.960. The van der Waals surface area contributed by atoms with Crippen LogP contribution < -0.4 is 0 Å². The van der Waals surface area contributed by atoms with Crippen LogP contribution in [-0.4, -0.2) is 16.6 Å². The van der Waals surface area contributed by atoms with Crippen molar-refractivity contribution in [3.05, 3.63) is 23.8 Å². The molecule has 0 amide bonds. The number of phenols is 1. The lowest BCUT2D eigenvalue weighted by molar-refractivity contribution is 0.0933. The Balaban J connectivity index is 2.57. The molecule has 1 heterocycles. The molecule has 2 nitrogen and oxygen atoms in total. The SMILES string of the molecule is CC1CSc2cccc(O)c2C1=O. The van der Waals surface area contributed by atoms with Gasteiger partial charge in [0.15, 0.2) is 5.78 Å². The molecule has 13 heavy (non-hydrogen) atoms. The van der Waals surface area contributed by atoms with Gasteiger partial charge in [-0.15, -0.1) is 11.8 Å². The van der Waals surface area contributed by atoms with Crippen molar-refractivity contribution in [1.82, 2.24) is 0 Å². The van der Waals surface area contributed by atoms with E-state index in [4.69, 9.17) is 0 Å². The van der Waals surface area contributed by atoms with Crippen LogP contribution >= 0.6 is 11.8 Å². The molecule has 0 saturated carbocycles. The van der Waals surface area contributed by atoms with Gasteiger partial charge in [-0.2, -0.15) is 0 Å². The number of rotatable bonds is 0. The summed E-state index contributed by atoms with van der Waals surface area (Å²) in [4.78, 5) is 12.6. The molecule has 1 N–H and O–H groups in total. The van der Waals surface area contributed by atoms with Gasteiger partial charge in [-0.3, -0.25) is 4.79 Å². The number of aromatic hydroxyl groups is 1. The zero-order chi connectivity index (χ0) is 9.42. The molecule has 68 valence electrons. The molecule has 1 aliphatic heterocycles.